The number of fused-ring (bicyclic) bond motifs is 1. The lowest BCUT2D eigenvalue weighted by Crippen LogP contribution is -2.15. The molecule has 0 aliphatic rings. The number of esters is 1. The fourth-order valence-corrected chi connectivity index (χ4v) is 4.04. The summed E-state index contributed by atoms with van der Waals surface area (Å²) in [6.07, 6.45) is 0. The lowest BCUT2D eigenvalue weighted by Gasteiger charge is -2.09. The van der Waals surface area contributed by atoms with Crippen molar-refractivity contribution < 1.29 is 18.7 Å². The number of rotatable bonds is 5. The Hall–Kier alpha value is -3.12. The number of carbonyl (C=O) groups is 2. The number of hydrogen-bond donors (Lipinski definition) is 0. The molecule has 2 aromatic carbocycles. The van der Waals surface area contributed by atoms with E-state index in [1.807, 2.05) is 66.9 Å². The fourth-order valence-electron chi connectivity index (χ4n) is 3.68. The summed E-state index contributed by atoms with van der Waals surface area (Å²) in [7, 11) is 0. The lowest BCUT2D eigenvalue weighted by atomic mass is 10.1. The van der Waals surface area contributed by atoms with Crippen LogP contribution in [0.2, 0.25) is 0 Å². The van der Waals surface area contributed by atoms with E-state index in [0.717, 1.165) is 26.9 Å². The quantitative estimate of drug-likeness (QED) is 0.269. The van der Waals surface area contributed by atoms with Crippen LogP contribution in [0.5, 0.6) is 0 Å². The molecule has 2 aromatic heterocycles. The molecule has 0 fully saturated rings. The smallest absolute Gasteiger partial charge is 0.375 e. The number of ether oxygens (including phenoxy) is 1. The number of ketones is 1. The van der Waals surface area contributed by atoms with E-state index in [2.05, 4.69) is 15.9 Å². The third-order valence-electron chi connectivity index (χ3n) is 5.16. The molecular formula is C24H20BrNO4. The maximum Gasteiger partial charge on any atom is 0.375 e. The summed E-state index contributed by atoms with van der Waals surface area (Å²) in [5, 5.41) is 0.828. The van der Waals surface area contributed by atoms with Crippen molar-refractivity contribution in [1.29, 1.82) is 0 Å². The maximum atomic E-state index is 12.8. The highest BCUT2D eigenvalue weighted by molar-refractivity contribution is 9.10. The molecule has 0 unspecified atom stereocenters. The third kappa shape index (κ3) is 3.59. The molecule has 0 saturated heterocycles. The molecule has 6 heteroatoms. The number of hydrogen-bond acceptors (Lipinski definition) is 4. The normalized spacial score (nSPS) is 11.1. The van der Waals surface area contributed by atoms with E-state index >= 15 is 0 Å². The first-order valence-electron chi connectivity index (χ1n) is 9.50. The first-order valence-corrected chi connectivity index (χ1v) is 10.3. The van der Waals surface area contributed by atoms with Gasteiger partial charge in [-0.05, 0) is 57.2 Å². The zero-order valence-corrected chi connectivity index (χ0v) is 18.4. The van der Waals surface area contributed by atoms with Crippen molar-refractivity contribution in [2.24, 2.45) is 0 Å². The van der Waals surface area contributed by atoms with Crippen molar-refractivity contribution >= 4 is 38.7 Å². The van der Waals surface area contributed by atoms with Crippen LogP contribution in [-0.2, 0) is 4.74 Å². The number of carbonyl (C=O) groups excluding carboxylic acids is 2. The minimum absolute atomic E-state index is 0.116. The summed E-state index contributed by atoms with van der Waals surface area (Å²) in [5.74, 6) is -0.786. The number of furan rings is 1. The van der Waals surface area contributed by atoms with Crippen LogP contribution in [0.25, 0.3) is 16.7 Å². The van der Waals surface area contributed by atoms with E-state index in [9.17, 15) is 9.59 Å². The Kier molecular flexibility index (Phi) is 5.35. The SMILES string of the molecule is Cc1c(C(=O)OCC(=O)c2cc(C)n(-c3ccccc3)c2C)oc2ccc(Br)cc12. The standard InChI is InChI=1S/C24H20BrNO4/c1-14-11-20(16(3)26(14)18-7-5-4-6-8-18)21(27)13-29-24(28)23-15(2)19-12-17(25)9-10-22(19)30-23/h4-12H,13H2,1-3H3. The number of halogens is 1. The summed E-state index contributed by atoms with van der Waals surface area (Å²) in [6, 6.07) is 17.1. The molecular weight excluding hydrogens is 446 g/mol. The van der Waals surface area contributed by atoms with Gasteiger partial charge in [-0.1, -0.05) is 34.1 Å². The predicted octanol–water partition coefficient (Wildman–Crippen LogP) is 5.95. The highest BCUT2D eigenvalue weighted by Crippen LogP contribution is 2.28. The van der Waals surface area contributed by atoms with Crippen LogP contribution in [0.1, 0.15) is 37.9 Å². The van der Waals surface area contributed by atoms with E-state index in [-0.39, 0.29) is 18.2 Å². The highest BCUT2D eigenvalue weighted by Gasteiger charge is 2.22. The first-order chi connectivity index (χ1) is 14.4. The van der Waals surface area contributed by atoms with Gasteiger partial charge in [0.1, 0.15) is 5.58 Å². The number of para-hydroxylation sites is 1. The Labute approximate surface area is 182 Å². The van der Waals surface area contributed by atoms with Gasteiger partial charge in [-0.15, -0.1) is 0 Å². The van der Waals surface area contributed by atoms with Gasteiger partial charge in [0.05, 0.1) is 0 Å². The van der Waals surface area contributed by atoms with Crippen LogP contribution in [-0.4, -0.2) is 22.9 Å². The molecule has 0 aliphatic carbocycles. The summed E-state index contributed by atoms with van der Waals surface area (Å²) >= 11 is 3.42. The molecule has 30 heavy (non-hydrogen) atoms. The van der Waals surface area contributed by atoms with Crippen LogP contribution in [0.15, 0.2) is 63.5 Å². The highest BCUT2D eigenvalue weighted by atomic mass is 79.9. The van der Waals surface area contributed by atoms with Gasteiger partial charge in [0.25, 0.3) is 0 Å². The van der Waals surface area contributed by atoms with Gasteiger partial charge in [0, 0.05) is 38.1 Å². The summed E-state index contributed by atoms with van der Waals surface area (Å²) in [5.41, 5.74) is 4.55. The van der Waals surface area contributed by atoms with Gasteiger partial charge in [-0.25, -0.2) is 4.79 Å². The van der Waals surface area contributed by atoms with Crippen LogP contribution < -0.4 is 0 Å². The molecule has 152 valence electrons. The molecule has 0 saturated carbocycles. The topological polar surface area (TPSA) is 61.4 Å². The van der Waals surface area contributed by atoms with Gasteiger partial charge in [-0.2, -0.15) is 0 Å². The second kappa shape index (κ2) is 7.95. The van der Waals surface area contributed by atoms with Crippen molar-refractivity contribution in [2.75, 3.05) is 6.61 Å². The summed E-state index contributed by atoms with van der Waals surface area (Å²) < 4.78 is 13.8. The van der Waals surface area contributed by atoms with Crippen molar-refractivity contribution in [3.63, 3.8) is 0 Å². The zero-order chi connectivity index (χ0) is 21.4. The van der Waals surface area contributed by atoms with Gasteiger partial charge >= 0.3 is 5.97 Å². The number of nitrogens with zero attached hydrogens (tertiary/aromatic N) is 1. The first kappa shape index (κ1) is 20.2. The second-order valence-electron chi connectivity index (χ2n) is 7.15. The fraction of sp³-hybridized carbons (Fsp3) is 0.167. The van der Waals surface area contributed by atoms with E-state index in [4.69, 9.17) is 9.15 Å². The molecule has 5 nitrogen and oxygen atoms in total. The van der Waals surface area contributed by atoms with Gasteiger partial charge < -0.3 is 13.7 Å². The van der Waals surface area contributed by atoms with Gasteiger partial charge in [-0.3, -0.25) is 4.79 Å². The molecule has 2 heterocycles. The monoisotopic (exact) mass is 465 g/mol. The molecule has 0 N–H and O–H groups in total. The number of aryl methyl sites for hydroxylation is 2. The Bertz CT molecular complexity index is 1270. The van der Waals surface area contributed by atoms with Crippen LogP contribution in [0.4, 0.5) is 0 Å². The largest absolute Gasteiger partial charge is 0.451 e. The predicted molar refractivity (Wildman–Crippen MR) is 119 cm³/mol. The Morgan fingerprint density at radius 1 is 1.03 bits per heavy atom. The minimum Gasteiger partial charge on any atom is -0.451 e. The molecule has 0 aliphatic heterocycles. The van der Waals surface area contributed by atoms with Crippen LogP contribution >= 0.6 is 15.9 Å². The summed E-state index contributed by atoms with van der Waals surface area (Å²) in [4.78, 5) is 25.3. The zero-order valence-electron chi connectivity index (χ0n) is 16.9. The average Bonchev–Trinajstić information content (AvgIpc) is 3.22. The van der Waals surface area contributed by atoms with Crippen molar-refractivity contribution in [2.45, 2.75) is 20.8 Å². The van der Waals surface area contributed by atoms with E-state index in [0.29, 0.717) is 16.7 Å². The lowest BCUT2D eigenvalue weighted by molar-refractivity contribution is 0.0445. The Morgan fingerprint density at radius 2 is 1.77 bits per heavy atom. The average molecular weight is 466 g/mol. The number of Topliss-reactive ketones (excluding diaryl/α,β-unsaturated/α-hetero) is 1. The van der Waals surface area contributed by atoms with Gasteiger partial charge in [0.2, 0.25) is 11.5 Å². The van der Waals surface area contributed by atoms with E-state index in [1.165, 1.54) is 0 Å². The van der Waals surface area contributed by atoms with E-state index in [1.54, 1.807) is 13.0 Å². The van der Waals surface area contributed by atoms with E-state index < -0.39 is 5.97 Å². The molecule has 4 rings (SSSR count). The Balaban J connectivity index is 1.53. The molecule has 0 bridgehead atoms. The third-order valence-corrected chi connectivity index (χ3v) is 5.66. The van der Waals surface area contributed by atoms with Crippen molar-refractivity contribution in [1.82, 2.24) is 4.57 Å². The second-order valence-corrected chi connectivity index (χ2v) is 8.07. The van der Waals surface area contributed by atoms with Crippen LogP contribution in [0, 0.1) is 20.8 Å². The summed E-state index contributed by atoms with van der Waals surface area (Å²) in [6.45, 7) is 5.28. The number of aromatic nitrogens is 1. The molecule has 0 spiro atoms. The van der Waals surface area contributed by atoms with Crippen molar-refractivity contribution in [3.8, 4) is 5.69 Å². The minimum atomic E-state index is -0.648. The number of benzene rings is 2. The Morgan fingerprint density at radius 3 is 2.50 bits per heavy atom. The maximum absolute atomic E-state index is 12.8. The molecule has 0 amide bonds. The van der Waals surface area contributed by atoms with Crippen LogP contribution in [0.3, 0.4) is 0 Å². The molecule has 4 aromatic rings. The molecule has 0 radical (unpaired) electrons. The van der Waals surface area contributed by atoms with Crippen molar-refractivity contribution in [3.05, 3.63) is 87.3 Å². The molecule has 0 atom stereocenters. The van der Waals surface area contributed by atoms with Gasteiger partial charge in [0.15, 0.2) is 6.61 Å².